The summed E-state index contributed by atoms with van der Waals surface area (Å²) in [7, 11) is 3.94. The van der Waals surface area contributed by atoms with Crippen LogP contribution < -0.4 is 5.32 Å². The molecule has 0 fully saturated rings. The number of hydrogen-bond acceptors (Lipinski definition) is 2. The van der Waals surface area contributed by atoms with E-state index < -0.39 is 0 Å². The van der Waals surface area contributed by atoms with E-state index in [9.17, 15) is 0 Å². The molecule has 0 atom stereocenters. The highest BCUT2D eigenvalue weighted by Gasteiger charge is 2.06. The van der Waals surface area contributed by atoms with Gasteiger partial charge < -0.3 is 15.1 Å². The molecule has 4 nitrogen and oxygen atoms in total. The SMILES string of the molecule is CCN(CC)CCCCNC(=NC)N(C)Cc1ccc(C)cc1. The first kappa shape index (κ1) is 19.5. The molecule has 0 bridgehead atoms. The van der Waals surface area contributed by atoms with Gasteiger partial charge in [0.2, 0.25) is 0 Å². The highest BCUT2D eigenvalue weighted by atomic mass is 15.3. The Kier molecular flexibility index (Phi) is 9.37. The van der Waals surface area contributed by atoms with Gasteiger partial charge in [-0.3, -0.25) is 4.99 Å². The zero-order valence-corrected chi connectivity index (χ0v) is 15.6. The Morgan fingerprint density at radius 2 is 1.74 bits per heavy atom. The zero-order valence-electron chi connectivity index (χ0n) is 15.6. The van der Waals surface area contributed by atoms with Crippen LogP contribution in [0.2, 0.25) is 0 Å². The highest BCUT2D eigenvalue weighted by Crippen LogP contribution is 2.06. The average Bonchev–Trinajstić information content (AvgIpc) is 2.56. The van der Waals surface area contributed by atoms with Crippen molar-refractivity contribution in [3.8, 4) is 0 Å². The second-order valence-electron chi connectivity index (χ2n) is 6.05. The Labute approximate surface area is 142 Å². The van der Waals surface area contributed by atoms with Gasteiger partial charge in [0, 0.05) is 27.2 Å². The van der Waals surface area contributed by atoms with Crippen LogP contribution in [0.4, 0.5) is 0 Å². The van der Waals surface area contributed by atoms with E-state index in [-0.39, 0.29) is 0 Å². The van der Waals surface area contributed by atoms with Gasteiger partial charge in [-0.2, -0.15) is 0 Å². The molecule has 0 aliphatic carbocycles. The topological polar surface area (TPSA) is 30.9 Å². The highest BCUT2D eigenvalue weighted by molar-refractivity contribution is 5.79. The maximum Gasteiger partial charge on any atom is 0.193 e. The van der Waals surface area contributed by atoms with Gasteiger partial charge >= 0.3 is 0 Å². The van der Waals surface area contributed by atoms with E-state index in [1.165, 1.54) is 30.5 Å². The van der Waals surface area contributed by atoms with Crippen molar-refractivity contribution < 1.29 is 0 Å². The summed E-state index contributed by atoms with van der Waals surface area (Å²) in [6.07, 6.45) is 2.40. The lowest BCUT2D eigenvalue weighted by molar-refractivity contribution is 0.297. The third kappa shape index (κ3) is 7.51. The summed E-state index contributed by atoms with van der Waals surface area (Å²) in [6, 6.07) is 8.69. The van der Waals surface area contributed by atoms with Crippen LogP contribution in [0.3, 0.4) is 0 Å². The van der Waals surface area contributed by atoms with E-state index in [1.807, 2.05) is 7.05 Å². The van der Waals surface area contributed by atoms with E-state index >= 15 is 0 Å². The molecule has 0 saturated carbocycles. The van der Waals surface area contributed by atoms with Crippen LogP contribution >= 0.6 is 0 Å². The van der Waals surface area contributed by atoms with Crippen molar-refractivity contribution in [2.75, 3.05) is 40.3 Å². The molecule has 0 aliphatic rings. The smallest absolute Gasteiger partial charge is 0.193 e. The van der Waals surface area contributed by atoms with Gasteiger partial charge in [-0.25, -0.2) is 0 Å². The molecule has 23 heavy (non-hydrogen) atoms. The van der Waals surface area contributed by atoms with Gasteiger partial charge in [-0.1, -0.05) is 43.7 Å². The first-order valence-electron chi connectivity index (χ1n) is 8.80. The molecule has 0 saturated heterocycles. The fourth-order valence-corrected chi connectivity index (χ4v) is 2.63. The lowest BCUT2D eigenvalue weighted by Crippen LogP contribution is -2.39. The van der Waals surface area contributed by atoms with Crippen molar-refractivity contribution in [3.05, 3.63) is 35.4 Å². The summed E-state index contributed by atoms with van der Waals surface area (Å²) in [5, 5.41) is 3.47. The summed E-state index contributed by atoms with van der Waals surface area (Å²) in [5.41, 5.74) is 2.61. The van der Waals surface area contributed by atoms with Crippen molar-refractivity contribution >= 4 is 5.96 Å². The third-order valence-corrected chi connectivity index (χ3v) is 4.19. The number of guanidine groups is 1. The van der Waals surface area contributed by atoms with Crippen LogP contribution in [0.1, 0.15) is 37.8 Å². The number of benzene rings is 1. The molecule has 130 valence electrons. The first-order valence-corrected chi connectivity index (χ1v) is 8.80. The monoisotopic (exact) mass is 318 g/mol. The van der Waals surface area contributed by atoms with Crippen LogP contribution in [0, 0.1) is 6.92 Å². The number of aliphatic imine (C=N–C) groups is 1. The van der Waals surface area contributed by atoms with Crippen LogP contribution in [0.15, 0.2) is 29.3 Å². The van der Waals surface area contributed by atoms with E-state index in [0.29, 0.717) is 0 Å². The van der Waals surface area contributed by atoms with Crippen molar-refractivity contribution in [1.29, 1.82) is 0 Å². The van der Waals surface area contributed by atoms with E-state index in [0.717, 1.165) is 32.1 Å². The Morgan fingerprint density at radius 1 is 1.09 bits per heavy atom. The number of unbranched alkanes of at least 4 members (excludes halogenated alkanes) is 1. The van der Waals surface area contributed by atoms with Gasteiger partial charge in [0.15, 0.2) is 5.96 Å². The number of rotatable bonds is 9. The Bertz CT molecular complexity index is 449. The fraction of sp³-hybridized carbons (Fsp3) is 0.632. The van der Waals surface area contributed by atoms with Crippen molar-refractivity contribution in [1.82, 2.24) is 15.1 Å². The molecular weight excluding hydrogens is 284 g/mol. The minimum Gasteiger partial charge on any atom is -0.356 e. The van der Waals surface area contributed by atoms with Crippen molar-refractivity contribution in [3.63, 3.8) is 0 Å². The van der Waals surface area contributed by atoms with Crippen LogP contribution in [-0.4, -0.2) is 56.0 Å². The fourth-order valence-electron chi connectivity index (χ4n) is 2.63. The number of aryl methyl sites for hydroxylation is 1. The summed E-state index contributed by atoms with van der Waals surface area (Å²) in [6.45, 7) is 11.9. The van der Waals surface area contributed by atoms with E-state index in [4.69, 9.17) is 0 Å². The van der Waals surface area contributed by atoms with E-state index in [2.05, 4.69) is 72.2 Å². The lowest BCUT2D eigenvalue weighted by atomic mass is 10.1. The number of nitrogens with one attached hydrogen (secondary N) is 1. The quantitative estimate of drug-likeness (QED) is 0.431. The Morgan fingerprint density at radius 3 is 2.30 bits per heavy atom. The molecule has 1 aromatic carbocycles. The Balaban J connectivity index is 2.31. The molecule has 0 amide bonds. The predicted molar refractivity (Wildman–Crippen MR) is 101 cm³/mol. The third-order valence-electron chi connectivity index (χ3n) is 4.19. The summed E-state index contributed by atoms with van der Waals surface area (Å²) >= 11 is 0. The van der Waals surface area contributed by atoms with Crippen molar-refractivity contribution in [2.45, 2.75) is 40.2 Å². The summed E-state index contributed by atoms with van der Waals surface area (Å²) in [4.78, 5) is 9.03. The zero-order chi connectivity index (χ0) is 17.1. The van der Waals surface area contributed by atoms with Gasteiger partial charge in [0.05, 0.1) is 0 Å². The minimum atomic E-state index is 0.874. The summed E-state index contributed by atoms with van der Waals surface area (Å²) in [5.74, 6) is 0.966. The molecule has 0 unspecified atom stereocenters. The van der Waals surface area contributed by atoms with Crippen LogP contribution in [0.5, 0.6) is 0 Å². The van der Waals surface area contributed by atoms with Gasteiger partial charge in [0.25, 0.3) is 0 Å². The van der Waals surface area contributed by atoms with Crippen LogP contribution in [0.25, 0.3) is 0 Å². The largest absolute Gasteiger partial charge is 0.356 e. The van der Waals surface area contributed by atoms with E-state index in [1.54, 1.807) is 0 Å². The van der Waals surface area contributed by atoms with Crippen LogP contribution in [-0.2, 0) is 6.54 Å². The predicted octanol–water partition coefficient (Wildman–Crippen LogP) is 3.12. The summed E-state index contributed by atoms with van der Waals surface area (Å²) < 4.78 is 0. The molecule has 4 heteroatoms. The maximum absolute atomic E-state index is 4.39. The molecule has 1 aromatic rings. The molecule has 0 heterocycles. The van der Waals surface area contributed by atoms with Crippen molar-refractivity contribution in [2.24, 2.45) is 4.99 Å². The second kappa shape index (κ2) is 11.1. The molecule has 1 N–H and O–H groups in total. The number of nitrogens with zero attached hydrogens (tertiary/aromatic N) is 3. The lowest BCUT2D eigenvalue weighted by Gasteiger charge is -2.22. The minimum absolute atomic E-state index is 0.874. The Hall–Kier alpha value is -1.55. The molecule has 0 radical (unpaired) electrons. The molecule has 0 spiro atoms. The standard InChI is InChI=1S/C19H34N4/c1-6-23(7-2)15-9-8-14-21-19(20-4)22(5)16-18-12-10-17(3)11-13-18/h10-13H,6-9,14-16H2,1-5H3,(H,20,21). The van der Waals surface area contributed by atoms with Gasteiger partial charge in [-0.05, 0) is 45.0 Å². The molecule has 0 aliphatic heterocycles. The maximum atomic E-state index is 4.39. The van der Waals surface area contributed by atoms with Gasteiger partial charge in [0.1, 0.15) is 0 Å². The van der Waals surface area contributed by atoms with Gasteiger partial charge in [-0.15, -0.1) is 0 Å². The average molecular weight is 319 g/mol. The molecule has 0 aromatic heterocycles. The number of hydrogen-bond donors (Lipinski definition) is 1. The molecular formula is C19H34N4. The molecule has 1 rings (SSSR count). The first-order chi connectivity index (χ1) is 11.1. The second-order valence-corrected chi connectivity index (χ2v) is 6.05. The normalized spacial score (nSPS) is 11.8.